The van der Waals surface area contributed by atoms with Crippen molar-refractivity contribution < 1.29 is 14.4 Å². The lowest BCUT2D eigenvalue weighted by atomic mass is 9.88. The van der Waals surface area contributed by atoms with Crippen LogP contribution in [0.2, 0.25) is 5.02 Å². The van der Waals surface area contributed by atoms with Crippen molar-refractivity contribution in [1.29, 1.82) is 0 Å². The number of rotatable bonds is 5. The minimum atomic E-state index is -0.593. The number of thioether (sulfide) groups is 1. The van der Waals surface area contributed by atoms with Gasteiger partial charge in [-0.1, -0.05) is 28.9 Å². The van der Waals surface area contributed by atoms with Crippen LogP contribution >= 0.6 is 23.4 Å². The minimum Gasteiger partial charge on any atom is -0.384 e. The quantitative estimate of drug-likeness (QED) is 0.641. The van der Waals surface area contributed by atoms with Crippen LogP contribution in [0.25, 0.3) is 0 Å². The molecular formula is C24H26ClN3O3S. The molecular weight excluding hydrogens is 446 g/mol. The lowest BCUT2D eigenvalue weighted by Gasteiger charge is -2.22. The van der Waals surface area contributed by atoms with E-state index in [9.17, 15) is 9.59 Å². The van der Waals surface area contributed by atoms with E-state index in [0.29, 0.717) is 29.6 Å². The van der Waals surface area contributed by atoms with Crippen molar-refractivity contribution in [2.75, 3.05) is 25.3 Å². The maximum Gasteiger partial charge on any atom is 0.256 e. The van der Waals surface area contributed by atoms with Gasteiger partial charge in [0.2, 0.25) is 5.91 Å². The van der Waals surface area contributed by atoms with E-state index in [-0.39, 0.29) is 18.4 Å². The first-order valence-electron chi connectivity index (χ1n) is 10.4. The molecule has 0 aromatic heterocycles. The standard InChI is InChI=1S/C24H26ClN3O3S/c1-15-7-18(10-19(25)8-15)24(3)11-21(26-31-24)17-5-6-20(16(2)9-17)23(30)27-12-22(29)28(13-27)14-32-4/h5-10H,11-14H2,1-4H3. The number of amides is 2. The summed E-state index contributed by atoms with van der Waals surface area (Å²) in [5.74, 6) is 0.440. The largest absolute Gasteiger partial charge is 0.384 e. The van der Waals surface area contributed by atoms with E-state index in [1.807, 2.05) is 57.4 Å². The van der Waals surface area contributed by atoms with Crippen LogP contribution in [0, 0.1) is 13.8 Å². The maximum absolute atomic E-state index is 13.0. The summed E-state index contributed by atoms with van der Waals surface area (Å²) in [6, 6.07) is 11.6. The SMILES string of the molecule is CSCN1CN(C(=O)c2ccc(C3=NOC(C)(c4cc(C)cc(Cl)c4)C3)cc2C)CC1=O. The third kappa shape index (κ3) is 4.36. The summed E-state index contributed by atoms with van der Waals surface area (Å²) in [5.41, 5.74) is 4.65. The van der Waals surface area contributed by atoms with Gasteiger partial charge in [0, 0.05) is 17.0 Å². The number of carbonyl (C=O) groups excluding carboxylic acids is 2. The normalized spacial score (nSPS) is 20.5. The average Bonchev–Trinajstić information content (AvgIpc) is 3.31. The van der Waals surface area contributed by atoms with E-state index in [1.165, 1.54) is 0 Å². The summed E-state index contributed by atoms with van der Waals surface area (Å²) < 4.78 is 0. The Morgan fingerprint density at radius 2 is 2.03 bits per heavy atom. The number of oxime groups is 1. The van der Waals surface area contributed by atoms with Crippen LogP contribution in [-0.2, 0) is 15.2 Å². The summed E-state index contributed by atoms with van der Waals surface area (Å²) >= 11 is 7.81. The molecule has 2 aromatic carbocycles. The predicted molar refractivity (Wildman–Crippen MR) is 128 cm³/mol. The van der Waals surface area contributed by atoms with Gasteiger partial charge in [-0.25, -0.2) is 0 Å². The van der Waals surface area contributed by atoms with Crippen LogP contribution in [0.15, 0.2) is 41.6 Å². The van der Waals surface area contributed by atoms with Gasteiger partial charge in [-0.2, -0.15) is 0 Å². The summed E-state index contributed by atoms with van der Waals surface area (Å²) in [4.78, 5) is 34.3. The molecule has 0 saturated carbocycles. The van der Waals surface area contributed by atoms with Crippen molar-refractivity contribution in [3.8, 4) is 0 Å². The first-order valence-corrected chi connectivity index (χ1v) is 12.2. The molecule has 0 bridgehead atoms. The Hall–Kier alpha value is -2.51. The second-order valence-corrected chi connectivity index (χ2v) is 9.85. The Balaban J connectivity index is 1.50. The molecule has 2 heterocycles. The van der Waals surface area contributed by atoms with E-state index in [0.717, 1.165) is 28.0 Å². The van der Waals surface area contributed by atoms with Gasteiger partial charge in [-0.05, 0) is 73.5 Å². The molecule has 1 fully saturated rings. The van der Waals surface area contributed by atoms with Crippen molar-refractivity contribution in [2.45, 2.75) is 32.8 Å². The molecule has 4 rings (SSSR count). The lowest BCUT2D eigenvalue weighted by Crippen LogP contribution is -2.31. The van der Waals surface area contributed by atoms with Crippen molar-refractivity contribution >= 4 is 40.9 Å². The first-order chi connectivity index (χ1) is 15.2. The zero-order chi connectivity index (χ0) is 23.0. The van der Waals surface area contributed by atoms with E-state index in [1.54, 1.807) is 21.6 Å². The first kappa shape index (κ1) is 22.7. The molecule has 0 N–H and O–H groups in total. The molecule has 1 unspecified atom stereocenters. The highest BCUT2D eigenvalue weighted by Crippen LogP contribution is 2.37. The topological polar surface area (TPSA) is 62.2 Å². The molecule has 2 amide bonds. The van der Waals surface area contributed by atoms with Gasteiger partial charge in [0.1, 0.15) is 6.54 Å². The molecule has 2 aliphatic rings. The van der Waals surface area contributed by atoms with E-state index in [2.05, 4.69) is 11.2 Å². The molecule has 32 heavy (non-hydrogen) atoms. The monoisotopic (exact) mass is 471 g/mol. The zero-order valence-corrected chi connectivity index (χ0v) is 20.2. The van der Waals surface area contributed by atoms with Gasteiger partial charge in [0.05, 0.1) is 18.3 Å². The average molecular weight is 472 g/mol. The van der Waals surface area contributed by atoms with Gasteiger partial charge < -0.3 is 14.6 Å². The Labute approximate surface area is 197 Å². The molecule has 1 saturated heterocycles. The second kappa shape index (κ2) is 8.79. The number of aryl methyl sites for hydroxylation is 2. The van der Waals surface area contributed by atoms with Crippen molar-refractivity contribution in [3.63, 3.8) is 0 Å². The smallest absolute Gasteiger partial charge is 0.256 e. The Bertz CT molecular complexity index is 1100. The van der Waals surface area contributed by atoms with Crippen molar-refractivity contribution in [3.05, 3.63) is 69.2 Å². The van der Waals surface area contributed by atoms with Crippen LogP contribution < -0.4 is 0 Å². The Morgan fingerprint density at radius 3 is 2.72 bits per heavy atom. The van der Waals surface area contributed by atoms with E-state index in [4.69, 9.17) is 16.4 Å². The number of carbonyl (C=O) groups is 2. The maximum atomic E-state index is 13.0. The van der Waals surface area contributed by atoms with Crippen LogP contribution in [0.3, 0.4) is 0 Å². The Kier molecular flexibility index (Phi) is 6.23. The van der Waals surface area contributed by atoms with Crippen LogP contribution in [-0.4, -0.2) is 52.7 Å². The highest BCUT2D eigenvalue weighted by atomic mass is 35.5. The minimum absolute atomic E-state index is 0.0185. The zero-order valence-electron chi connectivity index (χ0n) is 18.6. The van der Waals surface area contributed by atoms with Gasteiger partial charge in [-0.3, -0.25) is 9.59 Å². The van der Waals surface area contributed by atoms with Crippen LogP contribution in [0.4, 0.5) is 0 Å². The highest BCUT2D eigenvalue weighted by molar-refractivity contribution is 7.98. The third-order valence-electron chi connectivity index (χ3n) is 5.90. The van der Waals surface area contributed by atoms with Gasteiger partial charge in [0.15, 0.2) is 5.60 Å². The molecule has 8 heteroatoms. The molecule has 1 atom stereocenters. The number of halogens is 1. The highest BCUT2D eigenvalue weighted by Gasteiger charge is 2.37. The molecule has 0 radical (unpaired) electrons. The van der Waals surface area contributed by atoms with Gasteiger partial charge in [-0.15, -0.1) is 11.8 Å². The number of nitrogens with zero attached hydrogens (tertiary/aromatic N) is 3. The van der Waals surface area contributed by atoms with Crippen LogP contribution in [0.1, 0.15) is 46.0 Å². The molecule has 2 aliphatic heterocycles. The number of benzene rings is 2. The fourth-order valence-electron chi connectivity index (χ4n) is 4.15. The Morgan fingerprint density at radius 1 is 1.25 bits per heavy atom. The van der Waals surface area contributed by atoms with E-state index >= 15 is 0 Å². The second-order valence-electron chi connectivity index (χ2n) is 8.58. The summed E-state index contributed by atoms with van der Waals surface area (Å²) in [7, 11) is 0. The van der Waals surface area contributed by atoms with Crippen molar-refractivity contribution in [1.82, 2.24) is 9.80 Å². The third-order valence-corrected chi connectivity index (χ3v) is 6.69. The van der Waals surface area contributed by atoms with Gasteiger partial charge >= 0.3 is 0 Å². The molecule has 168 valence electrons. The summed E-state index contributed by atoms with van der Waals surface area (Å²) in [6.07, 6.45) is 2.54. The van der Waals surface area contributed by atoms with Gasteiger partial charge in [0.25, 0.3) is 5.91 Å². The fraction of sp³-hybridized carbons (Fsp3) is 0.375. The van der Waals surface area contributed by atoms with Crippen molar-refractivity contribution in [2.24, 2.45) is 5.16 Å². The molecule has 6 nitrogen and oxygen atoms in total. The molecule has 0 aliphatic carbocycles. The van der Waals surface area contributed by atoms with E-state index < -0.39 is 5.60 Å². The molecule has 0 spiro atoms. The number of hydrogen-bond donors (Lipinski definition) is 0. The van der Waals surface area contributed by atoms with Crippen LogP contribution in [0.5, 0.6) is 0 Å². The summed E-state index contributed by atoms with van der Waals surface area (Å²) in [6.45, 7) is 6.37. The summed E-state index contributed by atoms with van der Waals surface area (Å²) in [5, 5.41) is 5.03. The molecule has 2 aromatic rings. The lowest BCUT2D eigenvalue weighted by molar-refractivity contribution is -0.125. The number of hydrogen-bond acceptors (Lipinski definition) is 5. The predicted octanol–water partition coefficient (Wildman–Crippen LogP) is 4.56. The fourth-order valence-corrected chi connectivity index (χ4v) is 4.97.